The van der Waals surface area contributed by atoms with Gasteiger partial charge in [-0.3, -0.25) is 4.40 Å². The van der Waals surface area contributed by atoms with Gasteiger partial charge in [-0.05, 0) is 12.1 Å². The molecule has 0 aliphatic heterocycles. The second kappa shape index (κ2) is 6.24. The van der Waals surface area contributed by atoms with Gasteiger partial charge in [0.2, 0.25) is 5.88 Å². The van der Waals surface area contributed by atoms with E-state index in [9.17, 15) is 0 Å². The Labute approximate surface area is 153 Å². The number of para-hydroxylation sites is 1. The van der Waals surface area contributed by atoms with Crippen LogP contribution < -0.4 is 4.74 Å². The average molecular weight is 358 g/mol. The molecule has 3 heterocycles. The average Bonchev–Trinajstić information content (AvgIpc) is 3.29. The molecule has 0 unspecified atom stereocenters. The van der Waals surface area contributed by atoms with Crippen LogP contribution >= 0.6 is 11.3 Å². The highest BCUT2D eigenvalue weighted by atomic mass is 32.1. The summed E-state index contributed by atoms with van der Waals surface area (Å²) in [5, 5.41) is 2.93. The molecular weight excluding hydrogens is 344 g/mol. The van der Waals surface area contributed by atoms with Gasteiger partial charge in [-0.25, -0.2) is 15.0 Å². The van der Waals surface area contributed by atoms with E-state index in [1.54, 1.807) is 11.3 Å². The summed E-state index contributed by atoms with van der Waals surface area (Å²) in [5.74, 6) is 0.583. The van der Waals surface area contributed by atoms with Gasteiger partial charge in [0.15, 0.2) is 4.96 Å². The van der Waals surface area contributed by atoms with Crippen molar-refractivity contribution in [2.24, 2.45) is 0 Å². The SMILES string of the molecule is c1ccc(-c2nc3sccn3c2COc2ncnc3ccccc23)cc1. The molecule has 0 spiro atoms. The van der Waals surface area contributed by atoms with E-state index >= 15 is 0 Å². The summed E-state index contributed by atoms with van der Waals surface area (Å²) in [4.78, 5) is 14.3. The van der Waals surface area contributed by atoms with Crippen LogP contribution in [0.2, 0.25) is 0 Å². The van der Waals surface area contributed by atoms with Gasteiger partial charge in [0.05, 0.1) is 22.3 Å². The lowest BCUT2D eigenvalue weighted by molar-refractivity contribution is 0.292. The van der Waals surface area contributed by atoms with Crippen LogP contribution in [0.1, 0.15) is 5.69 Å². The number of ether oxygens (including phenoxy) is 1. The maximum absolute atomic E-state index is 6.10. The van der Waals surface area contributed by atoms with Crippen molar-refractivity contribution < 1.29 is 4.74 Å². The Bertz CT molecular complexity index is 1190. The third kappa shape index (κ3) is 2.51. The number of nitrogens with zero attached hydrogens (tertiary/aromatic N) is 4. The highest BCUT2D eigenvalue weighted by molar-refractivity contribution is 7.15. The zero-order valence-electron chi connectivity index (χ0n) is 13.7. The number of fused-ring (bicyclic) bond motifs is 2. The second-order valence-corrected chi connectivity index (χ2v) is 6.69. The summed E-state index contributed by atoms with van der Waals surface area (Å²) in [6, 6.07) is 18.0. The first-order chi connectivity index (χ1) is 12.9. The van der Waals surface area contributed by atoms with Crippen LogP contribution in [0, 0.1) is 0 Å². The molecule has 0 aliphatic rings. The molecule has 0 radical (unpaired) electrons. The lowest BCUT2D eigenvalue weighted by atomic mass is 10.1. The predicted octanol–water partition coefficient (Wildman–Crippen LogP) is 4.59. The number of benzene rings is 2. The smallest absolute Gasteiger partial charge is 0.224 e. The van der Waals surface area contributed by atoms with Gasteiger partial charge in [-0.15, -0.1) is 11.3 Å². The van der Waals surface area contributed by atoms with Crippen molar-refractivity contribution in [2.75, 3.05) is 0 Å². The first kappa shape index (κ1) is 15.0. The summed E-state index contributed by atoms with van der Waals surface area (Å²) >= 11 is 1.61. The second-order valence-electron chi connectivity index (χ2n) is 5.81. The van der Waals surface area contributed by atoms with Crippen molar-refractivity contribution in [3.63, 3.8) is 0 Å². The van der Waals surface area contributed by atoms with E-state index in [-0.39, 0.29) is 0 Å². The van der Waals surface area contributed by atoms with Gasteiger partial charge in [-0.1, -0.05) is 42.5 Å². The number of rotatable bonds is 4. The van der Waals surface area contributed by atoms with Crippen molar-refractivity contribution in [3.8, 4) is 17.1 Å². The standard InChI is InChI=1S/C20H14N4OS/c1-2-6-14(7-3-1)18-17(24-10-11-26-20(24)23-18)12-25-19-15-8-4-5-9-16(15)21-13-22-19/h1-11,13H,12H2. The van der Waals surface area contributed by atoms with Gasteiger partial charge < -0.3 is 4.74 Å². The van der Waals surface area contributed by atoms with Crippen LogP contribution in [0.5, 0.6) is 5.88 Å². The van der Waals surface area contributed by atoms with E-state index in [1.807, 2.05) is 54.0 Å². The third-order valence-corrected chi connectivity index (χ3v) is 5.02. The van der Waals surface area contributed by atoms with E-state index in [4.69, 9.17) is 9.72 Å². The molecule has 5 aromatic rings. The van der Waals surface area contributed by atoms with Crippen molar-refractivity contribution >= 4 is 27.2 Å². The minimum Gasteiger partial charge on any atom is -0.471 e. The van der Waals surface area contributed by atoms with Crippen LogP contribution in [-0.2, 0) is 6.61 Å². The lowest BCUT2D eigenvalue weighted by Crippen LogP contribution is -2.02. The molecular formula is C20H14N4OS. The molecule has 0 amide bonds. The van der Waals surface area contributed by atoms with Crippen LogP contribution in [0.3, 0.4) is 0 Å². The van der Waals surface area contributed by atoms with Crippen LogP contribution in [0.15, 0.2) is 72.5 Å². The fraction of sp³-hybridized carbons (Fsp3) is 0.0500. The summed E-state index contributed by atoms with van der Waals surface area (Å²) in [6.07, 6.45) is 3.56. The van der Waals surface area contributed by atoms with Crippen molar-refractivity contribution in [1.82, 2.24) is 19.4 Å². The zero-order valence-corrected chi connectivity index (χ0v) is 14.6. The molecule has 6 heteroatoms. The number of thiazole rings is 1. The molecule has 0 N–H and O–H groups in total. The van der Waals surface area contributed by atoms with Gasteiger partial charge in [0.25, 0.3) is 0 Å². The number of imidazole rings is 1. The summed E-state index contributed by atoms with van der Waals surface area (Å²) in [5.41, 5.74) is 3.90. The molecule has 0 saturated carbocycles. The quantitative estimate of drug-likeness (QED) is 0.472. The summed E-state index contributed by atoms with van der Waals surface area (Å²) < 4.78 is 8.18. The molecule has 0 bridgehead atoms. The molecule has 3 aromatic heterocycles. The minimum atomic E-state index is 0.378. The Morgan fingerprint density at radius 1 is 0.962 bits per heavy atom. The van der Waals surface area contributed by atoms with Crippen LogP contribution in [0.4, 0.5) is 0 Å². The Morgan fingerprint density at radius 3 is 2.73 bits per heavy atom. The van der Waals surface area contributed by atoms with Crippen molar-refractivity contribution in [2.45, 2.75) is 6.61 Å². The van der Waals surface area contributed by atoms with E-state index in [0.29, 0.717) is 12.5 Å². The Morgan fingerprint density at radius 2 is 1.81 bits per heavy atom. The fourth-order valence-electron chi connectivity index (χ4n) is 3.03. The van der Waals surface area contributed by atoms with Gasteiger partial charge in [0.1, 0.15) is 12.9 Å². The fourth-order valence-corrected chi connectivity index (χ4v) is 3.76. The van der Waals surface area contributed by atoms with Gasteiger partial charge >= 0.3 is 0 Å². The van der Waals surface area contributed by atoms with E-state index in [2.05, 4.69) is 26.5 Å². The Balaban J connectivity index is 1.56. The lowest BCUT2D eigenvalue weighted by Gasteiger charge is -2.09. The van der Waals surface area contributed by atoms with Gasteiger partial charge in [0, 0.05) is 17.1 Å². The molecule has 0 saturated heterocycles. The number of aromatic nitrogens is 4. The highest BCUT2D eigenvalue weighted by Gasteiger charge is 2.16. The zero-order chi connectivity index (χ0) is 17.3. The van der Waals surface area contributed by atoms with Crippen LogP contribution in [-0.4, -0.2) is 19.4 Å². The maximum atomic E-state index is 6.10. The molecule has 5 nitrogen and oxygen atoms in total. The Kier molecular flexibility index (Phi) is 3.61. The van der Waals surface area contributed by atoms with E-state index in [0.717, 1.165) is 32.8 Å². The topological polar surface area (TPSA) is 52.3 Å². The number of hydrogen-bond acceptors (Lipinski definition) is 5. The molecule has 126 valence electrons. The molecule has 0 aliphatic carbocycles. The molecule has 0 atom stereocenters. The normalized spacial score (nSPS) is 11.2. The summed E-state index contributed by atoms with van der Waals surface area (Å²) in [7, 11) is 0. The Hall–Kier alpha value is -3.25. The number of hydrogen-bond donors (Lipinski definition) is 0. The monoisotopic (exact) mass is 358 g/mol. The maximum Gasteiger partial charge on any atom is 0.224 e. The molecule has 5 rings (SSSR count). The van der Waals surface area contributed by atoms with Gasteiger partial charge in [-0.2, -0.15) is 0 Å². The van der Waals surface area contributed by atoms with Crippen molar-refractivity contribution in [3.05, 3.63) is 78.2 Å². The van der Waals surface area contributed by atoms with Crippen molar-refractivity contribution in [1.29, 1.82) is 0 Å². The molecule has 0 fully saturated rings. The first-order valence-corrected chi connectivity index (χ1v) is 9.10. The van der Waals surface area contributed by atoms with E-state index < -0.39 is 0 Å². The predicted molar refractivity (Wildman–Crippen MR) is 102 cm³/mol. The van der Waals surface area contributed by atoms with E-state index in [1.165, 1.54) is 6.33 Å². The largest absolute Gasteiger partial charge is 0.471 e. The molecule has 2 aromatic carbocycles. The first-order valence-electron chi connectivity index (χ1n) is 8.22. The summed E-state index contributed by atoms with van der Waals surface area (Å²) in [6.45, 7) is 0.378. The minimum absolute atomic E-state index is 0.378. The highest BCUT2D eigenvalue weighted by Crippen LogP contribution is 2.28. The van der Waals surface area contributed by atoms with Crippen LogP contribution in [0.25, 0.3) is 27.1 Å². The molecule has 26 heavy (non-hydrogen) atoms. The third-order valence-electron chi connectivity index (χ3n) is 4.26.